The Bertz CT molecular complexity index is 373. The third-order valence-corrected chi connectivity index (χ3v) is 3.63. The van der Waals surface area contributed by atoms with Crippen LogP contribution in [0.15, 0.2) is 24.3 Å². The molecule has 0 aromatic heterocycles. The van der Waals surface area contributed by atoms with Gasteiger partial charge in [-0.2, -0.15) is 0 Å². The Kier molecular flexibility index (Phi) is 7.39. The van der Waals surface area contributed by atoms with Crippen LogP contribution in [-0.4, -0.2) is 38.2 Å². The first kappa shape index (κ1) is 16.4. The molecular weight excluding hydrogens is 260 g/mol. The Morgan fingerprint density at radius 3 is 2.89 bits per heavy atom. The first-order valence-corrected chi connectivity index (χ1v) is 6.79. The second kappa shape index (κ2) is 8.54. The van der Waals surface area contributed by atoms with Crippen molar-refractivity contribution < 1.29 is 4.74 Å². The molecule has 1 saturated heterocycles. The molecule has 0 amide bonds. The number of nitrogens with zero attached hydrogens (tertiary/aromatic N) is 1. The summed E-state index contributed by atoms with van der Waals surface area (Å²) in [7, 11) is 3.78. The van der Waals surface area contributed by atoms with Gasteiger partial charge in [-0.1, -0.05) is 24.3 Å². The van der Waals surface area contributed by atoms with E-state index in [9.17, 15) is 0 Å². The predicted octanol–water partition coefficient (Wildman–Crippen LogP) is 2.44. The van der Waals surface area contributed by atoms with Crippen LogP contribution in [0.2, 0.25) is 0 Å². The largest absolute Gasteiger partial charge is 0.380 e. The molecule has 1 aromatic rings. The fraction of sp³-hybridized carbons (Fsp3) is 0.600. The van der Waals surface area contributed by atoms with Crippen molar-refractivity contribution in [3.63, 3.8) is 0 Å². The average Bonchev–Trinajstić information content (AvgIpc) is 2.78. The van der Waals surface area contributed by atoms with Crippen LogP contribution in [0.1, 0.15) is 24.0 Å². The second-order valence-electron chi connectivity index (χ2n) is 5.08. The zero-order valence-corrected chi connectivity index (χ0v) is 12.7. The quantitative estimate of drug-likeness (QED) is 0.868. The number of ether oxygens (including phenoxy) is 1. The van der Waals surface area contributed by atoms with Gasteiger partial charge in [0.1, 0.15) is 0 Å². The van der Waals surface area contributed by atoms with Crippen LogP contribution in [-0.2, 0) is 17.9 Å². The molecule has 0 aliphatic carbocycles. The van der Waals surface area contributed by atoms with Crippen molar-refractivity contribution >= 4 is 12.4 Å². The number of likely N-dealkylation sites (tertiary alicyclic amines) is 1. The molecule has 1 aliphatic rings. The van der Waals surface area contributed by atoms with Crippen LogP contribution >= 0.6 is 12.4 Å². The van der Waals surface area contributed by atoms with E-state index >= 15 is 0 Å². The van der Waals surface area contributed by atoms with Crippen LogP contribution in [0.5, 0.6) is 0 Å². The summed E-state index contributed by atoms with van der Waals surface area (Å²) in [5.41, 5.74) is 2.66. The molecule has 108 valence electrons. The summed E-state index contributed by atoms with van der Waals surface area (Å²) in [6, 6.07) is 9.43. The fourth-order valence-electron chi connectivity index (χ4n) is 2.79. The Labute approximate surface area is 122 Å². The summed E-state index contributed by atoms with van der Waals surface area (Å²) in [4.78, 5) is 2.59. The number of nitrogens with one attached hydrogen (secondary N) is 1. The number of benzene rings is 1. The molecule has 1 N–H and O–H groups in total. The number of rotatable bonds is 6. The van der Waals surface area contributed by atoms with E-state index in [1.54, 1.807) is 7.11 Å². The molecule has 1 atom stereocenters. The third-order valence-electron chi connectivity index (χ3n) is 3.63. The summed E-state index contributed by atoms with van der Waals surface area (Å²) in [5.74, 6) is 0. The fourth-order valence-corrected chi connectivity index (χ4v) is 2.79. The molecule has 2 rings (SSSR count). The van der Waals surface area contributed by atoms with Gasteiger partial charge >= 0.3 is 0 Å². The summed E-state index contributed by atoms with van der Waals surface area (Å²) in [6.45, 7) is 4.08. The Morgan fingerprint density at radius 2 is 2.16 bits per heavy atom. The van der Waals surface area contributed by atoms with Gasteiger partial charge in [-0.3, -0.25) is 4.90 Å². The van der Waals surface area contributed by atoms with Crippen molar-refractivity contribution in [3.8, 4) is 0 Å². The minimum atomic E-state index is 0. The average molecular weight is 285 g/mol. The molecule has 3 nitrogen and oxygen atoms in total. The van der Waals surface area contributed by atoms with E-state index in [1.165, 1.54) is 30.5 Å². The van der Waals surface area contributed by atoms with Crippen molar-refractivity contribution in [2.45, 2.75) is 32.0 Å². The standard InChI is InChI=1S/C15H24N2O.ClH/c1-16-10-15-7-4-8-17(15)11-13-5-3-6-14(9-13)12-18-2;/h3,5-6,9,15-16H,4,7-8,10-12H2,1-2H3;1H. The smallest absolute Gasteiger partial charge is 0.0713 e. The van der Waals surface area contributed by atoms with E-state index in [1.807, 2.05) is 7.05 Å². The molecule has 0 spiro atoms. The summed E-state index contributed by atoms with van der Waals surface area (Å²) >= 11 is 0. The molecule has 1 unspecified atom stereocenters. The van der Waals surface area contributed by atoms with Gasteiger partial charge in [0.15, 0.2) is 0 Å². The monoisotopic (exact) mass is 284 g/mol. The van der Waals surface area contributed by atoms with Crippen molar-refractivity contribution in [3.05, 3.63) is 35.4 Å². The molecule has 0 radical (unpaired) electrons. The van der Waals surface area contributed by atoms with E-state index in [4.69, 9.17) is 4.74 Å². The number of likely N-dealkylation sites (N-methyl/N-ethyl adjacent to an activating group) is 1. The lowest BCUT2D eigenvalue weighted by Crippen LogP contribution is -2.36. The molecule has 4 heteroatoms. The number of hydrogen-bond donors (Lipinski definition) is 1. The minimum absolute atomic E-state index is 0. The first-order valence-electron chi connectivity index (χ1n) is 6.79. The molecule has 1 fully saturated rings. The summed E-state index contributed by atoms with van der Waals surface area (Å²) in [6.07, 6.45) is 2.64. The van der Waals surface area contributed by atoms with Gasteiger partial charge in [0, 0.05) is 26.2 Å². The maximum Gasteiger partial charge on any atom is 0.0713 e. The van der Waals surface area contributed by atoms with Crippen LogP contribution < -0.4 is 5.32 Å². The van der Waals surface area contributed by atoms with Gasteiger partial charge in [-0.05, 0) is 37.6 Å². The summed E-state index contributed by atoms with van der Waals surface area (Å²) in [5, 5.41) is 3.30. The highest BCUT2D eigenvalue weighted by Crippen LogP contribution is 2.20. The molecule has 19 heavy (non-hydrogen) atoms. The molecular formula is C15H25ClN2O. The maximum atomic E-state index is 5.19. The van der Waals surface area contributed by atoms with Crippen molar-refractivity contribution in [1.29, 1.82) is 0 Å². The number of halogens is 1. The predicted molar refractivity (Wildman–Crippen MR) is 81.8 cm³/mol. The lowest BCUT2D eigenvalue weighted by atomic mass is 10.1. The lowest BCUT2D eigenvalue weighted by Gasteiger charge is -2.24. The maximum absolute atomic E-state index is 5.19. The molecule has 0 bridgehead atoms. The van der Waals surface area contributed by atoms with E-state index < -0.39 is 0 Å². The molecule has 1 aromatic carbocycles. The van der Waals surface area contributed by atoms with Gasteiger partial charge in [0.25, 0.3) is 0 Å². The second-order valence-corrected chi connectivity index (χ2v) is 5.08. The van der Waals surface area contributed by atoms with E-state index in [-0.39, 0.29) is 12.4 Å². The normalized spacial score (nSPS) is 19.4. The van der Waals surface area contributed by atoms with E-state index in [0.717, 1.165) is 13.1 Å². The van der Waals surface area contributed by atoms with Crippen molar-refractivity contribution in [2.75, 3.05) is 27.2 Å². The Hall–Kier alpha value is -0.610. The van der Waals surface area contributed by atoms with Crippen LogP contribution in [0.3, 0.4) is 0 Å². The Morgan fingerprint density at radius 1 is 1.37 bits per heavy atom. The highest BCUT2D eigenvalue weighted by molar-refractivity contribution is 5.85. The summed E-state index contributed by atoms with van der Waals surface area (Å²) < 4.78 is 5.19. The van der Waals surface area contributed by atoms with Crippen molar-refractivity contribution in [2.24, 2.45) is 0 Å². The zero-order chi connectivity index (χ0) is 12.8. The highest BCUT2D eigenvalue weighted by atomic mass is 35.5. The van der Waals surface area contributed by atoms with E-state index in [2.05, 4.69) is 34.5 Å². The highest BCUT2D eigenvalue weighted by Gasteiger charge is 2.23. The molecule has 1 heterocycles. The van der Waals surface area contributed by atoms with E-state index in [0.29, 0.717) is 12.6 Å². The van der Waals surface area contributed by atoms with Gasteiger partial charge < -0.3 is 10.1 Å². The van der Waals surface area contributed by atoms with Gasteiger partial charge in [0.2, 0.25) is 0 Å². The van der Waals surface area contributed by atoms with Crippen LogP contribution in [0.4, 0.5) is 0 Å². The molecule has 0 saturated carbocycles. The third kappa shape index (κ3) is 4.77. The van der Waals surface area contributed by atoms with Crippen LogP contribution in [0.25, 0.3) is 0 Å². The zero-order valence-electron chi connectivity index (χ0n) is 11.9. The lowest BCUT2D eigenvalue weighted by molar-refractivity contribution is 0.184. The minimum Gasteiger partial charge on any atom is -0.380 e. The number of hydrogen-bond acceptors (Lipinski definition) is 3. The topological polar surface area (TPSA) is 24.5 Å². The van der Waals surface area contributed by atoms with Gasteiger partial charge in [-0.25, -0.2) is 0 Å². The SMILES string of the molecule is CNCC1CCCN1Cc1cccc(COC)c1.Cl. The van der Waals surface area contributed by atoms with Gasteiger partial charge in [-0.15, -0.1) is 12.4 Å². The van der Waals surface area contributed by atoms with Crippen LogP contribution in [0, 0.1) is 0 Å². The van der Waals surface area contributed by atoms with Gasteiger partial charge in [0.05, 0.1) is 6.61 Å². The molecule has 1 aliphatic heterocycles. The first-order chi connectivity index (χ1) is 8.83. The number of methoxy groups -OCH3 is 1. The van der Waals surface area contributed by atoms with Crippen molar-refractivity contribution in [1.82, 2.24) is 10.2 Å². The Balaban J connectivity index is 0.00000180.